The van der Waals surface area contributed by atoms with Gasteiger partial charge in [0.05, 0.1) is 4.92 Å². The molecular formula is C17H20N2O2. The van der Waals surface area contributed by atoms with Crippen molar-refractivity contribution < 1.29 is 4.92 Å². The SMILES string of the molecule is Cc1ccc(CNCCc2ccc([N+](=O)[O-])cc2)c(C)c1. The number of aryl methyl sites for hydroxylation is 2. The first-order valence-corrected chi connectivity index (χ1v) is 7.06. The van der Waals surface area contributed by atoms with Crippen molar-refractivity contribution in [3.63, 3.8) is 0 Å². The highest BCUT2D eigenvalue weighted by molar-refractivity contribution is 5.33. The van der Waals surface area contributed by atoms with Gasteiger partial charge in [-0.25, -0.2) is 0 Å². The zero-order chi connectivity index (χ0) is 15.2. The van der Waals surface area contributed by atoms with Gasteiger partial charge in [-0.2, -0.15) is 0 Å². The normalized spacial score (nSPS) is 10.6. The maximum atomic E-state index is 10.6. The number of nitro groups is 1. The molecule has 0 spiro atoms. The molecule has 0 aromatic heterocycles. The van der Waals surface area contributed by atoms with E-state index in [9.17, 15) is 10.1 Å². The lowest BCUT2D eigenvalue weighted by Crippen LogP contribution is -2.17. The van der Waals surface area contributed by atoms with Crippen molar-refractivity contribution in [2.45, 2.75) is 26.8 Å². The van der Waals surface area contributed by atoms with Gasteiger partial charge in [0.15, 0.2) is 0 Å². The summed E-state index contributed by atoms with van der Waals surface area (Å²) in [5.74, 6) is 0. The number of nitrogens with zero attached hydrogens (tertiary/aromatic N) is 1. The first kappa shape index (κ1) is 15.2. The quantitative estimate of drug-likeness (QED) is 0.501. The second-order valence-electron chi connectivity index (χ2n) is 5.28. The molecule has 4 heteroatoms. The van der Waals surface area contributed by atoms with Crippen LogP contribution in [0, 0.1) is 24.0 Å². The predicted octanol–water partition coefficient (Wildman–Crippen LogP) is 3.54. The summed E-state index contributed by atoms with van der Waals surface area (Å²) in [6.45, 7) is 5.92. The third-order valence-corrected chi connectivity index (χ3v) is 3.55. The molecule has 2 rings (SSSR count). The summed E-state index contributed by atoms with van der Waals surface area (Å²) in [7, 11) is 0. The van der Waals surface area contributed by atoms with Crippen molar-refractivity contribution in [3.8, 4) is 0 Å². The van der Waals surface area contributed by atoms with Crippen molar-refractivity contribution in [2.75, 3.05) is 6.54 Å². The average molecular weight is 284 g/mol. The summed E-state index contributed by atoms with van der Waals surface area (Å²) < 4.78 is 0. The lowest BCUT2D eigenvalue weighted by molar-refractivity contribution is -0.384. The van der Waals surface area contributed by atoms with Crippen molar-refractivity contribution in [1.82, 2.24) is 5.32 Å². The second kappa shape index (κ2) is 6.99. The molecule has 0 saturated heterocycles. The predicted molar refractivity (Wildman–Crippen MR) is 84.4 cm³/mol. The van der Waals surface area contributed by atoms with Crippen LogP contribution in [0.5, 0.6) is 0 Å². The van der Waals surface area contributed by atoms with Crippen LogP contribution in [-0.4, -0.2) is 11.5 Å². The van der Waals surface area contributed by atoms with Crippen LogP contribution in [0.15, 0.2) is 42.5 Å². The van der Waals surface area contributed by atoms with Crippen molar-refractivity contribution in [2.24, 2.45) is 0 Å². The molecule has 0 bridgehead atoms. The van der Waals surface area contributed by atoms with Gasteiger partial charge < -0.3 is 5.32 Å². The van der Waals surface area contributed by atoms with Gasteiger partial charge in [-0.05, 0) is 43.5 Å². The van der Waals surface area contributed by atoms with Gasteiger partial charge in [0.1, 0.15) is 0 Å². The summed E-state index contributed by atoms with van der Waals surface area (Å²) in [5.41, 5.74) is 5.14. The number of hydrogen-bond acceptors (Lipinski definition) is 3. The molecule has 21 heavy (non-hydrogen) atoms. The summed E-state index contributed by atoms with van der Waals surface area (Å²) in [6.07, 6.45) is 0.864. The Labute approximate surface area is 125 Å². The molecule has 0 aliphatic rings. The van der Waals surface area contributed by atoms with Crippen LogP contribution < -0.4 is 5.32 Å². The number of nitrogens with one attached hydrogen (secondary N) is 1. The molecule has 1 N–H and O–H groups in total. The molecule has 0 aliphatic heterocycles. The second-order valence-corrected chi connectivity index (χ2v) is 5.28. The molecule has 0 aliphatic carbocycles. The van der Waals surface area contributed by atoms with Gasteiger partial charge in [-0.15, -0.1) is 0 Å². The van der Waals surface area contributed by atoms with E-state index in [0.717, 1.165) is 25.1 Å². The van der Waals surface area contributed by atoms with Gasteiger partial charge in [0, 0.05) is 18.7 Å². The molecule has 0 heterocycles. The molecule has 0 unspecified atom stereocenters. The Bertz CT molecular complexity index is 621. The van der Waals surface area contributed by atoms with Gasteiger partial charge in [0.2, 0.25) is 0 Å². The minimum atomic E-state index is -0.373. The van der Waals surface area contributed by atoms with Crippen LogP contribution in [0.25, 0.3) is 0 Å². The molecule has 4 nitrogen and oxygen atoms in total. The fourth-order valence-electron chi connectivity index (χ4n) is 2.28. The van der Waals surface area contributed by atoms with E-state index in [-0.39, 0.29) is 10.6 Å². The van der Waals surface area contributed by atoms with Crippen LogP contribution in [0.3, 0.4) is 0 Å². The highest BCUT2D eigenvalue weighted by Gasteiger charge is 2.03. The zero-order valence-electron chi connectivity index (χ0n) is 12.4. The van der Waals surface area contributed by atoms with Gasteiger partial charge in [-0.1, -0.05) is 35.9 Å². The summed E-state index contributed by atoms with van der Waals surface area (Å²) in [6, 6.07) is 13.2. The van der Waals surface area contributed by atoms with Crippen LogP contribution in [0.4, 0.5) is 5.69 Å². The average Bonchev–Trinajstić information content (AvgIpc) is 2.46. The van der Waals surface area contributed by atoms with Crippen LogP contribution in [0.1, 0.15) is 22.3 Å². The maximum absolute atomic E-state index is 10.6. The lowest BCUT2D eigenvalue weighted by Gasteiger charge is -2.08. The number of non-ortho nitro benzene ring substituents is 1. The Morgan fingerprint density at radius 2 is 1.81 bits per heavy atom. The van der Waals surface area contributed by atoms with Crippen molar-refractivity contribution in [1.29, 1.82) is 0 Å². The fraction of sp³-hybridized carbons (Fsp3) is 0.294. The van der Waals surface area contributed by atoms with Crippen molar-refractivity contribution in [3.05, 3.63) is 74.8 Å². The first-order valence-electron chi connectivity index (χ1n) is 7.06. The molecule has 0 amide bonds. The lowest BCUT2D eigenvalue weighted by atomic mass is 10.1. The molecule has 0 atom stereocenters. The Hall–Kier alpha value is -2.20. The summed E-state index contributed by atoms with van der Waals surface area (Å²) in [4.78, 5) is 10.2. The van der Waals surface area contributed by atoms with Gasteiger partial charge in [-0.3, -0.25) is 10.1 Å². The standard InChI is InChI=1S/C17H20N2O2/c1-13-3-6-16(14(2)11-13)12-18-10-9-15-4-7-17(8-5-15)19(20)21/h3-8,11,18H,9-10,12H2,1-2H3. The largest absolute Gasteiger partial charge is 0.312 e. The third-order valence-electron chi connectivity index (χ3n) is 3.55. The fourth-order valence-corrected chi connectivity index (χ4v) is 2.28. The number of benzene rings is 2. The minimum absolute atomic E-state index is 0.141. The highest BCUT2D eigenvalue weighted by Crippen LogP contribution is 2.12. The molecule has 110 valence electrons. The highest BCUT2D eigenvalue weighted by atomic mass is 16.6. The van der Waals surface area contributed by atoms with Gasteiger partial charge in [0.25, 0.3) is 5.69 Å². The van der Waals surface area contributed by atoms with E-state index < -0.39 is 0 Å². The minimum Gasteiger partial charge on any atom is -0.312 e. The first-order chi connectivity index (χ1) is 10.1. The van der Waals surface area contributed by atoms with E-state index in [1.807, 2.05) is 12.1 Å². The Balaban J connectivity index is 1.80. The zero-order valence-corrected chi connectivity index (χ0v) is 12.4. The van der Waals surface area contributed by atoms with E-state index in [1.54, 1.807) is 12.1 Å². The molecule has 0 radical (unpaired) electrons. The van der Waals surface area contributed by atoms with Crippen LogP contribution >= 0.6 is 0 Å². The van der Waals surface area contributed by atoms with Crippen molar-refractivity contribution >= 4 is 5.69 Å². The van der Waals surface area contributed by atoms with Crippen LogP contribution in [-0.2, 0) is 13.0 Å². The number of rotatable bonds is 6. The molecule has 2 aromatic rings. The monoisotopic (exact) mass is 284 g/mol. The van der Waals surface area contributed by atoms with E-state index in [1.165, 1.54) is 16.7 Å². The maximum Gasteiger partial charge on any atom is 0.269 e. The third kappa shape index (κ3) is 4.39. The number of nitro benzene ring substituents is 1. The summed E-state index contributed by atoms with van der Waals surface area (Å²) >= 11 is 0. The van der Waals surface area contributed by atoms with Crippen LogP contribution in [0.2, 0.25) is 0 Å². The molecule has 0 fully saturated rings. The Morgan fingerprint density at radius 3 is 2.43 bits per heavy atom. The number of hydrogen-bond donors (Lipinski definition) is 1. The molecule has 2 aromatic carbocycles. The van der Waals surface area contributed by atoms with E-state index in [2.05, 4.69) is 37.4 Å². The Kier molecular flexibility index (Phi) is 5.06. The van der Waals surface area contributed by atoms with Gasteiger partial charge >= 0.3 is 0 Å². The smallest absolute Gasteiger partial charge is 0.269 e. The molecular weight excluding hydrogens is 264 g/mol. The van der Waals surface area contributed by atoms with E-state index >= 15 is 0 Å². The summed E-state index contributed by atoms with van der Waals surface area (Å²) in [5, 5.41) is 14.0. The van der Waals surface area contributed by atoms with E-state index in [4.69, 9.17) is 0 Å². The Morgan fingerprint density at radius 1 is 1.10 bits per heavy atom. The van der Waals surface area contributed by atoms with E-state index in [0.29, 0.717) is 0 Å². The topological polar surface area (TPSA) is 55.2 Å². The molecule has 0 saturated carbocycles.